The Balaban J connectivity index is 1.26. The van der Waals surface area contributed by atoms with Gasteiger partial charge in [-0.1, -0.05) is 50.2 Å². The number of hydrogen-bond donors (Lipinski definition) is 3. The Hall–Kier alpha value is -4.41. The van der Waals surface area contributed by atoms with E-state index >= 15 is 0 Å². The molecule has 1 saturated heterocycles. The van der Waals surface area contributed by atoms with Crippen LogP contribution in [0.2, 0.25) is 0 Å². The maximum atomic E-state index is 13.5. The van der Waals surface area contributed by atoms with Gasteiger partial charge in [-0.2, -0.15) is 0 Å². The minimum Gasteiger partial charge on any atom is -0.446 e. The summed E-state index contributed by atoms with van der Waals surface area (Å²) >= 11 is 0. The summed E-state index contributed by atoms with van der Waals surface area (Å²) in [5, 5.41) is 17.5. The molecule has 2 amide bonds. The highest BCUT2D eigenvalue weighted by Crippen LogP contribution is 2.32. The largest absolute Gasteiger partial charge is 0.446 e. The maximum Gasteiger partial charge on any atom is 0.256 e. The standard InChI is InChI=1S/C34H40N6O4/c1-22(2)26-12-25(15-35-17-26)16-36-20-31(41)29(13-24-8-5-4-6-9-24)39-32(42)27-14-28(19-37-18-27)34(43)40-11-7-10-30(40)33-38-23(3)21-44-33/h4-6,8-9,12,14-15,17-19,21-22,29-31,36,41H,7,10-11,13,16,20H2,1-3H3,(H,39,42)/t29-,30?,31+/m0/s1. The van der Waals surface area contributed by atoms with E-state index in [2.05, 4.69) is 45.5 Å². The number of rotatable bonds is 12. The lowest BCUT2D eigenvalue weighted by Gasteiger charge is -2.25. The van der Waals surface area contributed by atoms with Gasteiger partial charge in [0.1, 0.15) is 12.3 Å². The number of hydrogen-bond acceptors (Lipinski definition) is 8. The molecule has 230 valence electrons. The summed E-state index contributed by atoms with van der Waals surface area (Å²) in [5.74, 6) is 0.246. The van der Waals surface area contributed by atoms with E-state index < -0.39 is 18.1 Å². The first-order valence-electron chi connectivity index (χ1n) is 15.1. The van der Waals surface area contributed by atoms with Crippen molar-refractivity contribution in [1.82, 2.24) is 30.5 Å². The Kier molecular flexibility index (Phi) is 10.1. The number of oxazole rings is 1. The van der Waals surface area contributed by atoms with Crippen LogP contribution in [0.5, 0.6) is 0 Å². The van der Waals surface area contributed by atoms with Gasteiger partial charge in [-0.25, -0.2) is 4.98 Å². The quantitative estimate of drug-likeness (QED) is 0.220. The van der Waals surface area contributed by atoms with Crippen LogP contribution in [0.1, 0.15) is 87.6 Å². The molecule has 1 aliphatic rings. The molecule has 10 nitrogen and oxygen atoms in total. The highest BCUT2D eigenvalue weighted by atomic mass is 16.3. The molecule has 5 rings (SSSR count). The van der Waals surface area contributed by atoms with E-state index in [1.165, 1.54) is 12.4 Å². The molecule has 1 unspecified atom stereocenters. The molecule has 1 fully saturated rings. The zero-order valence-electron chi connectivity index (χ0n) is 25.4. The first kappa shape index (κ1) is 31.0. The Bertz CT molecular complexity index is 1560. The average molecular weight is 597 g/mol. The predicted octanol–water partition coefficient (Wildman–Crippen LogP) is 4.37. The topological polar surface area (TPSA) is 133 Å². The van der Waals surface area contributed by atoms with Gasteiger partial charge in [-0.15, -0.1) is 0 Å². The number of amides is 2. The number of likely N-dealkylation sites (tertiary alicyclic amines) is 1. The highest BCUT2D eigenvalue weighted by molar-refractivity contribution is 5.99. The fraction of sp³-hybridized carbons (Fsp3) is 0.382. The second-order valence-electron chi connectivity index (χ2n) is 11.7. The van der Waals surface area contributed by atoms with E-state index in [1.807, 2.05) is 49.6 Å². The van der Waals surface area contributed by atoms with Gasteiger partial charge < -0.3 is 25.1 Å². The first-order chi connectivity index (χ1) is 21.3. The normalized spacial score (nSPS) is 16.2. The number of aliphatic hydroxyl groups excluding tert-OH is 1. The van der Waals surface area contributed by atoms with Gasteiger partial charge in [0, 0.05) is 44.4 Å². The Morgan fingerprint density at radius 2 is 1.82 bits per heavy atom. The van der Waals surface area contributed by atoms with E-state index in [4.69, 9.17) is 4.42 Å². The number of nitrogens with zero attached hydrogens (tertiary/aromatic N) is 4. The van der Waals surface area contributed by atoms with Gasteiger partial charge >= 0.3 is 0 Å². The van der Waals surface area contributed by atoms with Crippen molar-refractivity contribution in [1.29, 1.82) is 0 Å². The summed E-state index contributed by atoms with van der Waals surface area (Å²) in [4.78, 5) is 41.7. The molecule has 4 heterocycles. The zero-order chi connectivity index (χ0) is 31.1. The van der Waals surface area contributed by atoms with Crippen LogP contribution >= 0.6 is 0 Å². The number of pyridine rings is 2. The molecule has 0 bridgehead atoms. The molecule has 3 N–H and O–H groups in total. The van der Waals surface area contributed by atoms with Crippen molar-refractivity contribution >= 4 is 11.8 Å². The monoisotopic (exact) mass is 596 g/mol. The van der Waals surface area contributed by atoms with Gasteiger partial charge in [0.25, 0.3) is 11.8 Å². The average Bonchev–Trinajstić information content (AvgIpc) is 3.70. The molecule has 0 radical (unpaired) electrons. The Labute approximate surface area is 258 Å². The van der Waals surface area contributed by atoms with Gasteiger partial charge in [0.15, 0.2) is 0 Å². The molecule has 4 aromatic rings. The van der Waals surface area contributed by atoms with Crippen molar-refractivity contribution in [3.63, 3.8) is 0 Å². The lowest BCUT2D eigenvalue weighted by molar-refractivity contribution is 0.0715. The van der Waals surface area contributed by atoms with E-state index in [0.717, 1.165) is 35.2 Å². The molecule has 1 aromatic carbocycles. The third-order valence-electron chi connectivity index (χ3n) is 7.93. The lowest BCUT2D eigenvalue weighted by atomic mass is 10.00. The minimum atomic E-state index is -0.882. The minimum absolute atomic E-state index is 0.230. The van der Waals surface area contributed by atoms with Gasteiger partial charge in [-0.05, 0) is 54.9 Å². The summed E-state index contributed by atoms with van der Waals surface area (Å²) in [7, 11) is 0. The van der Waals surface area contributed by atoms with Crippen LogP contribution in [0.25, 0.3) is 0 Å². The van der Waals surface area contributed by atoms with Crippen molar-refractivity contribution in [3.05, 3.63) is 113 Å². The number of aryl methyl sites for hydroxylation is 1. The number of aliphatic hydroxyl groups is 1. The van der Waals surface area contributed by atoms with Crippen molar-refractivity contribution in [2.75, 3.05) is 13.1 Å². The molecule has 10 heteroatoms. The van der Waals surface area contributed by atoms with Crippen molar-refractivity contribution in [3.8, 4) is 0 Å². The predicted molar refractivity (Wildman–Crippen MR) is 166 cm³/mol. The summed E-state index contributed by atoms with van der Waals surface area (Å²) < 4.78 is 5.59. The van der Waals surface area contributed by atoms with Crippen molar-refractivity contribution in [2.45, 2.75) is 70.7 Å². The Morgan fingerprint density at radius 3 is 2.57 bits per heavy atom. The van der Waals surface area contributed by atoms with Crippen LogP contribution in [0, 0.1) is 6.92 Å². The maximum absolute atomic E-state index is 13.5. The summed E-state index contributed by atoms with van der Waals surface area (Å²) in [5.41, 5.74) is 4.48. The van der Waals surface area contributed by atoms with Gasteiger partial charge in [0.05, 0.1) is 29.0 Å². The summed E-state index contributed by atoms with van der Waals surface area (Å²) in [6.07, 6.45) is 9.30. The van der Waals surface area contributed by atoms with E-state index in [-0.39, 0.29) is 24.1 Å². The fourth-order valence-corrected chi connectivity index (χ4v) is 5.47. The number of carbonyl (C=O) groups excluding carboxylic acids is 2. The molecule has 3 aromatic heterocycles. The van der Waals surface area contributed by atoms with Gasteiger partial charge in [-0.3, -0.25) is 19.6 Å². The van der Waals surface area contributed by atoms with Crippen LogP contribution in [0.15, 0.2) is 77.9 Å². The fourth-order valence-electron chi connectivity index (χ4n) is 5.47. The van der Waals surface area contributed by atoms with E-state index in [1.54, 1.807) is 17.2 Å². The molecule has 0 saturated carbocycles. The first-order valence-corrected chi connectivity index (χ1v) is 15.1. The second-order valence-corrected chi connectivity index (χ2v) is 11.7. The van der Waals surface area contributed by atoms with Crippen molar-refractivity contribution in [2.24, 2.45) is 0 Å². The van der Waals surface area contributed by atoms with Crippen LogP contribution in [0.3, 0.4) is 0 Å². The number of nitrogens with one attached hydrogen (secondary N) is 2. The SMILES string of the molecule is Cc1coc(C2CCCN2C(=O)c2cncc(C(=O)N[C@@H](Cc3ccccc3)[C@H](O)CNCc3cncc(C(C)C)c3)c2)n1. The van der Waals surface area contributed by atoms with Crippen molar-refractivity contribution < 1.29 is 19.1 Å². The van der Waals surface area contributed by atoms with Crippen LogP contribution in [0.4, 0.5) is 0 Å². The third kappa shape index (κ3) is 7.75. The smallest absolute Gasteiger partial charge is 0.256 e. The molecule has 1 aliphatic heterocycles. The molecule has 3 atom stereocenters. The molecule has 44 heavy (non-hydrogen) atoms. The molecular formula is C34H40N6O4. The third-order valence-corrected chi connectivity index (χ3v) is 7.93. The molecule has 0 aliphatic carbocycles. The van der Waals surface area contributed by atoms with Gasteiger partial charge in [0.2, 0.25) is 5.89 Å². The summed E-state index contributed by atoms with van der Waals surface area (Å²) in [6.45, 7) is 7.46. The van der Waals surface area contributed by atoms with Crippen LogP contribution in [-0.2, 0) is 13.0 Å². The lowest BCUT2D eigenvalue weighted by Crippen LogP contribution is -2.48. The Morgan fingerprint density at radius 1 is 1.05 bits per heavy atom. The van der Waals surface area contributed by atoms with E-state index in [0.29, 0.717) is 36.9 Å². The number of aromatic nitrogens is 3. The zero-order valence-corrected chi connectivity index (χ0v) is 25.4. The van der Waals surface area contributed by atoms with Crippen LogP contribution in [-0.4, -0.2) is 62.0 Å². The van der Waals surface area contributed by atoms with Crippen LogP contribution < -0.4 is 10.6 Å². The molecular weight excluding hydrogens is 556 g/mol. The number of carbonyl (C=O) groups is 2. The summed E-state index contributed by atoms with van der Waals surface area (Å²) in [6, 6.07) is 12.5. The second kappa shape index (κ2) is 14.4. The van der Waals surface area contributed by atoms with E-state index in [9.17, 15) is 14.7 Å². The number of benzene rings is 1. The highest BCUT2D eigenvalue weighted by Gasteiger charge is 2.34. The molecule has 0 spiro atoms.